The number of para-hydroxylation sites is 4. The standard InChI is InChI=1S/C72H52N6S2/c1-71(2)61-41-47(45-25-33-55(34-26-45)77(51-17-9-5-10-18-51)52-19-11-6-12-20-52)29-37-57(61)59-39-31-49(43-63(59)71)65-67-69(75-79-73-67)66(70-68(65)74-80-76-70)50-32-40-60-58-38-30-48(42-62(58)72(3,4)64(60)44-50)46-27-35-56(36-28-46)78(53-21-13-7-14-22-53)54-23-15-8-16-24-54/h5-44H,1-4H3. The first-order valence-electron chi connectivity index (χ1n) is 27.2. The summed E-state index contributed by atoms with van der Waals surface area (Å²) in [4.78, 5) is 4.61. The fourth-order valence-electron chi connectivity index (χ4n) is 12.8. The van der Waals surface area contributed by atoms with Crippen molar-refractivity contribution in [3.63, 3.8) is 0 Å². The molecule has 11 aromatic carbocycles. The van der Waals surface area contributed by atoms with Crippen LogP contribution in [0.5, 0.6) is 0 Å². The Morgan fingerprint density at radius 2 is 0.575 bits per heavy atom. The van der Waals surface area contributed by atoms with Gasteiger partial charge in [-0.25, -0.2) is 0 Å². The molecule has 0 amide bonds. The number of aromatic nitrogens is 2. The Balaban J connectivity index is 0.734. The van der Waals surface area contributed by atoms with Crippen molar-refractivity contribution in [2.45, 2.75) is 38.5 Å². The van der Waals surface area contributed by atoms with Crippen molar-refractivity contribution in [2.24, 2.45) is 8.73 Å². The fourth-order valence-corrected chi connectivity index (χ4v) is 13.9. The molecule has 8 heteroatoms. The molecule has 0 spiro atoms. The van der Waals surface area contributed by atoms with Crippen LogP contribution in [0, 0.1) is 0 Å². The van der Waals surface area contributed by atoms with E-state index in [9.17, 15) is 0 Å². The largest absolute Gasteiger partial charge is 0.311 e. The van der Waals surface area contributed by atoms with Crippen LogP contribution in [0.1, 0.15) is 49.9 Å². The molecule has 0 atom stereocenters. The van der Waals surface area contributed by atoms with Crippen LogP contribution in [0.25, 0.3) is 77.8 Å². The first kappa shape index (κ1) is 47.8. The summed E-state index contributed by atoms with van der Waals surface area (Å²) in [6, 6.07) is 88.0. The first-order chi connectivity index (χ1) is 39.2. The topological polar surface area (TPSA) is 57.0 Å². The second-order valence-corrected chi connectivity index (χ2v) is 23.1. The van der Waals surface area contributed by atoms with Crippen LogP contribution in [0.15, 0.2) is 251 Å². The zero-order valence-corrected chi connectivity index (χ0v) is 46.2. The Morgan fingerprint density at radius 1 is 0.300 bits per heavy atom. The van der Waals surface area contributed by atoms with Crippen molar-refractivity contribution in [1.82, 2.24) is 8.75 Å². The lowest BCUT2D eigenvalue weighted by molar-refractivity contribution is 0.660. The lowest BCUT2D eigenvalue weighted by atomic mass is 9.80. The molecule has 1 aromatic heterocycles. The monoisotopic (exact) mass is 1060 g/mol. The maximum absolute atomic E-state index is 5.06. The number of rotatable bonds is 10. The van der Waals surface area contributed by atoms with Gasteiger partial charge >= 0.3 is 0 Å². The van der Waals surface area contributed by atoms with Crippen molar-refractivity contribution in [1.29, 1.82) is 0 Å². The molecular weight excluding hydrogens is 1010 g/mol. The third-order valence-corrected chi connectivity index (χ3v) is 17.9. The molecule has 2 heterocycles. The van der Waals surface area contributed by atoms with Gasteiger partial charge in [-0.15, -0.1) is 0 Å². The molecule has 12 aromatic rings. The number of benzene rings is 11. The van der Waals surface area contributed by atoms with Crippen LogP contribution in [-0.4, -0.2) is 8.75 Å². The highest BCUT2D eigenvalue weighted by Crippen LogP contribution is 2.57. The quantitative estimate of drug-likeness (QED) is 0.137. The van der Waals surface area contributed by atoms with Gasteiger partial charge in [0.25, 0.3) is 0 Å². The van der Waals surface area contributed by atoms with Crippen molar-refractivity contribution < 1.29 is 0 Å². The zero-order valence-electron chi connectivity index (χ0n) is 44.6. The Labute approximate surface area is 474 Å². The summed E-state index contributed by atoms with van der Waals surface area (Å²) in [7, 11) is 0. The minimum atomic E-state index is -0.264. The summed E-state index contributed by atoms with van der Waals surface area (Å²) in [6.45, 7) is 9.42. The average Bonchev–Trinajstić information content (AvgIpc) is 4.37. The molecule has 80 heavy (non-hydrogen) atoms. The summed E-state index contributed by atoms with van der Waals surface area (Å²) in [5, 5.41) is 0. The molecule has 0 saturated heterocycles. The maximum atomic E-state index is 5.06. The van der Waals surface area contributed by atoms with Gasteiger partial charge in [-0.05, 0) is 175 Å². The van der Waals surface area contributed by atoms with Crippen LogP contribution in [0.4, 0.5) is 45.5 Å². The summed E-state index contributed by atoms with van der Waals surface area (Å²) in [6.07, 6.45) is 0. The predicted octanol–water partition coefficient (Wildman–Crippen LogP) is 20.6. The van der Waals surface area contributed by atoms with Gasteiger partial charge in [-0.2, -0.15) is 17.5 Å². The number of fused-ring (bicyclic) bond motifs is 8. The molecule has 6 nitrogen and oxygen atoms in total. The molecule has 0 unspecified atom stereocenters. The molecule has 0 bridgehead atoms. The van der Waals surface area contributed by atoms with Gasteiger partial charge in [-0.3, -0.25) is 0 Å². The van der Waals surface area contributed by atoms with Gasteiger partial charge in [0.15, 0.2) is 0 Å². The molecule has 3 aliphatic rings. The lowest BCUT2D eigenvalue weighted by Crippen LogP contribution is -2.15. The van der Waals surface area contributed by atoms with Crippen molar-refractivity contribution in [3.05, 3.63) is 265 Å². The lowest BCUT2D eigenvalue weighted by Gasteiger charge is -2.25. The summed E-state index contributed by atoms with van der Waals surface area (Å²) < 4.78 is 20.2. The normalized spacial score (nSPS) is 13.8. The Kier molecular flexibility index (Phi) is 11.2. The van der Waals surface area contributed by atoms with E-state index in [1.54, 1.807) is 0 Å². The van der Waals surface area contributed by atoms with Gasteiger partial charge < -0.3 is 9.80 Å². The summed E-state index contributed by atoms with van der Waals surface area (Å²) in [5.74, 6) is 0. The second kappa shape index (κ2) is 18.7. The van der Waals surface area contributed by atoms with E-state index in [0.717, 1.165) is 78.8 Å². The van der Waals surface area contributed by atoms with Crippen LogP contribution >= 0.6 is 11.7 Å². The van der Waals surface area contributed by atoms with Crippen molar-refractivity contribution in [2.75, 3.05) is 9.80 Å². The highest BCUT2D eigenvalue weighted by atomic mass is 32.1. The van der Waals surface area contributed by atoms with Crippen LogP contribution in [0.2, 0.25) is 0 Å². The van der Waals surface area contributed by atoms with E-state index in [1.807, 2.05) is 0 Å². The molecule has 1 aliphatic heterocycles. The van der Waals surface area contributed by atoms with Gasteiger partial charge in [-0.1, -0.05) is 173 Å². The number of nitrogens with zero attached hydrogens (tertiary/aromatic N) is 6. The van der Waals surface area contributed by atoms with E-state index in [4.69, 9.17) is 17.5 Å². The Bertz CT molecular complexity index is 4130. The Morgan fingerprint density at radius 3 is 0.900 bits per heavy atom. The van der Waals surface area contributed by atoms with Crippen LogP contribution < -0.4 is 9.80 Å². The molecule has 2 aliphatic carbocycles. The van der Waals surface area contributed by atoms with Crippen molar-refractivity contribution >= 4 is 79.6 Å². The van der Waals surface area contributed by atoms with E-state index >= 15 is 0 Å². The molecular formula is C72H52N6S2. The maximum Gasteiger partial charge on any atom is 0.115 e. The minimum Gasteiger partial charge on any atom is -0.311 e. The third-order valence-electron chi connectivity index (χ3n) is 16.8. The first-order valence-corrected chi connectivity index (χ1v) is 28.7. The fraction of sp³-hybridized carbons (Fsp3) is 0.0833. The van der Waals surface area contributed by atoms with Gasteiger partial charge in [0.05, 0.1) is 23.1 Å². The van der Waals surface area contributed by atoms with E-state index in [-0.39, 0.29) is 10.8 Å². The van der Waals surface area contributed by atoms with Crippen LogP contribution in [0.3, 0.4) is 0 Å². The highest BCUT2D eigenvalue weighted by Gasteiger charge is 2.39. The average molecular weight is 1070 g/mol. The van der Waals surface area contributed by atoms with Gasteiger partial charge in [0, 0.05) is 56.1 Å². The van der Waals surface area contributed by atoms with E-state index in [1.165, 1.54) is 89.8 Å². The number of hydrogen-bond acceptors (Lipinski definition) is 7. The number of hydrogen-bond donors (Lipinski definition) is 0. The third kappa shape index (κ3) is 7.65. The smallest absolute Gasteiger partial charge is 0.115 e. The van der Waals surface area contributed by atoms with Gasteiger partial charge in [0.1, 0.15) is 22.4 Å². The molecule has 15 rings (SSSR count). The highest BCUT2D eigenvalue weighted by molar-refractivity contribution is 7.58. The predicted molar refractivity (Wildman–Crippen MR) is 335 cm³/mol. The van der Waals surface area contributed by atoms with Crippen LogP contribution in [-0.2, 0) is 22.2 Å². The Hall–Kier alpha value is -9.34. The number of anilines is 6. The molecule has 382 valence electrons. The van der Waals surface area contributed by atoms with E-state index in [2.05, 4.69) is 280 Å². The molecule has 0 fully saturated rings. The molecule has 0 N–H and O–H groups in total. The van der Waals surface area contributed by atoms with E-state index < -0.39 is 0 Å². The SMILES string of the molecule is CC1(C)c2cc(-c3ccc(N(c4ccccc4)c4ccccc4)cc3)ccc2-c2ccc(-c3c4c(c(-c5ccc6c(c5)C(C)(C)c5cc(-c7ccc(N(c8ccccc8)c8ccccc8)cc7)ccc5-6)c5nsnc35)N=S=N4)cc21. The zero-order chi connectivity index (χ0) is 53.7. The van der Waals surface area contributed by atoms with Crippen molar-refractivity contribution in [3.8, 4) is 66.8 Å². The minimum absolute atomic E-state index is 0.264. The van der Waals surface area contributed by atoms with E-state index in [0.29, 0.717) is 0 Å². The van der Waals surface area contributed by atoms with Gasteiger partial charge in [0.2, 0.25) is 0 Å². The second-order valence-electron chi connectivity index (χ2n) is 22.1. The molecule has 0 radical (unpaired) electrons. The summed E-state index contributed by atoms with van der Waals surface area (Å²) >= 11 is 2.51. The molecule has 0 saturated carbocycles. The summed E-state index contributed by atoms with van der Waals surface area (Å²) in [5.41, 5.74) is 28.8.